The summed E-state index contributed by atoms with van der Waals surface area (Å²) in [7, 11) is 0. The van der Waals surface area contributed by atoms with Crippen molar-refractivity contribution in [3.8, 4) is 0 Å². The van der Waals surface area contributed by atoms with Crippen LogP contribution >= 0.6 is 0 Å². The van der Waals surface area contributed by atoms with Gasteiger partial charge in [0, 0.05) is 12.6 Å². The number of nitrogens with two attached hydrogens (primary N) is 1. The van der Waals surface area contributed by atoms with Gasteiger partial charge in [0.1, 0.15) is 6.17 Å². The molecule has 1 saturated heterocycles. The summed E-state index contributed by atoms with van der Waals surface area (Å²) in [5.41, 5.74) is 5.57. The van der Waals surface area contributed by atoms with Crippen LogP contribution in [-0.4, -0.2) is 36.7 Å². The van der Waals surface area contributed by atoms with E-state index in [0.29, 0.717) is 6.54 Å². The SMILES string of the molecule is CCCCN1CC[C@H](N)[C@@H](F)C1. The smallest absolute Gasteiger partial charge is 0.128 e. The summed E-state index contributed by atoms with van der Waals surface area (Å²) in [5, 5.41) is 0. The van der Waals surface area contributed by atoms with Crippen LogP contribution in [0.5, 0.6) is 0 Å². The van der Waals surface area contributed by atoms with Crippen molar-refractivity contribution in [3.05, 3.63) is 0 Å². The molecule has 0 aromatic rings. The Kier molecular flexibility index (Phi) is 3.95. The molecule has 2 nitrogen and oxygen atoms in total. The first-order valence-corrected chi connectivity index (χ1v) is 4.86. The molecule has 0 spiro atoms. The Hall–Kier alpha value is -0.150. The van der Waals surface area contributed by atoms with E-state index in [1.165, 1.54) is 12.8 Å². The van der Waals surface area contributed by atoms with Gasteiger partial charge in [-0.3, -0.25) is 0 Å². The van der Waals surface area contributed by atoms with Crippen LogP contribution in [0.25, 0.3) is 0 Å². The van der Waals surface area contributed by atoms with Gasteiger partial charge in [-0.05, 0) is 25.9 Å². The topological polar surface area (TPSA) is 29.3 Å². The van der Waals surface area contributed by atoms with Gasteiger partial charge in [-0.2, -0.15) is 0 Å². The molecule has 72 valence electrons. The maximum atomic E-state index is 13.1. The van der Waals surface area contributed by atoms with Crippen LogP contribution in [-0.2, 0) is 0 Å². The van der Waals surface area contributed by atoms with Crippen molar-refractivity contribution < 1.29 is 4.39 Å². The Labute approximate surface area is 73.9 Å². The average molecular weight is 174 g/mol. The molecule has 0 aromatic carbocycles. The highest BCUT2D eigenvalue weighted by Gasteiger charge is 2.25. The molecule has 0 unspecified atom stereocenters. The summed E-state index contributed by atoms with van der Waals surface area (Å²) in [5.74, 6) is 0. The lowest BCUT2D eigenvalue weighted by molar-refractivity contribution is 0.118. The molecular formula is C9H19FN2. The van der Waals surface area contributed by atoms with Gasteiger partial charge in [0.15, 0.2) is 0 Å². The fourth-order valence-electron chi connectivity index (χ4n) is 1.57. The Morgan fingerprint density at radius 3 is 2.92 bits per heavy atom. The van der Waals surface area contributed by atoms with Gasteiger partial charge in [-0.1, -0.05) is 13.3 Å². The summed E-state index contributed by atoms with van der Waals surface area (Å²) in [6, 6.07) is -0.220. The van der Waals surface area contributed by atoms with Gasteiger partial charge in [0.2, 0.25) is 0 Å². The number of rotatable bonds is 3. The van der Waals surface area contributed by atoms with E-state index < -0.39 is 6.17 Å². The third-order valence-corrected chi connectivity index (χ3v) is 2.50. The lowest BCUT2D eigenvalue weighted by atomic mass is 10.0. The van der Waals surface area contributed by atoms with Crippen molar-refractivity contribution in [1.29, 1.82) is 0 Å². The molecule has 1 fully saturated rings. The Balaban J connectivity index is 2.21. The molecule has 0 saturated carbocycles. The minimum Gasteiger partial charge on any atom is -0.325 e. The predicted octanol–water partition coefficient (Wildman–Crippen LogP) is 1.16. The van der Waals surface area contributed by atoms with E-state index in [2.05, 4.69) is 11.8 Å². The number of alkyl halides is 1. The minimum absolute atomic E-state index is 0.220. The van der Waals surface area contributed by atoms with Crippen molar-refractivity contribution in [1.82, 2.24) is 4.90 Å². The first-order valence-electron chi connectivity index (χ1n) is 4.86. The Bertz CT molecular complexity index is 128. The zero-order valence-electron chi connectivity index (χ0n) is 7.80. The van der Waals surface area contributed by atoms with Crippen LogP contribution in [0.15, 0.2) is 0 Å². The van der Waals surface area contributed by atoms with Crippen LogP contribution in [0.2, 0.25) is 0 Å². The summed E-state index contributed by atoms with van der Waals surface area (Å²) >= 11 is 0. The quantitative estimate of drug-likeness (QED) is 0.695. The third kappa shape index (κ3) is 2.72. The molecule has 3 heteroatoms. The van der Waals surface area contributed by atoms with E-state index >= 15 is 0 Å². The molecule has 2 atom stereocenters. The van der Waals surface area contributed by atoms with Crippen molar-refractivity contribution in [2.24, 2.45) is 5.73 Å². The number of unbranched alkanes of at least 4 members (excludes halogenated alkanes) is 1. The first-order chi connectivity index (χ1) is 5.74. The normalized spacial score (nSPS) is 32.2. The van der Waals surface area contributed by atoms with Crippen molar-refractivity contribution in [3.63, 3.8) is 0 Å². The number of nitrogens with zero attached hydrogens (tertiary/aromatic N) is 1. The third-order valence-electron chi connectivity index (χ3n) is 2.50. The van der Waals surface area contributed by atoms with Crippen molar-refractivity contribution in [2.45, 2.75) is 38.4 Å². The minimum atomic E-state index is -0.810. The molecule has 0 bridgehead atoms. The molecule has 0 aromatic heterocycles. The van der Waals surface area contributed by atoms with Crippen LogP contribution < -0.4 is 5.73 Å². The van der Waals surface area contributed by atoms with E-state index in [4.69, 9.17) is 5.73 Å². The largest absolute Gasteiger partial charge is 0.325 e. The second-order valence-corrected chi connectivity index (χ2v) is 3.62. The Morgan fingerprint density at radius 1 is 1.58 bits per heavy atom. The molecule has 1 heterocycles. The standard InChI is InChI=1S/C9H19FN2/c1-2-3-5-12-6-4-9(11)8(10)7-12/h8-9H,2-7,11H2,1H3/t8-,9-/m0/s1. The maximum absolute atomic E-state index is 13.1. The van der Waals surface area contributed by atoms with Gasteiger partial charge in [0.05, 0.1) is 0 Å². The zero-order valence-corrected chi connectivity index (χ0v) is 7.80. The van der Waals surface area contributed by atoms with E-state index in [1.807, 2.05) is 0 Å². The van der Waals surface area contributed by atoms with E-state index in [1.54, 1.807) is 0 Å². The fourth-order valence-corrected chi connectivity index (χ4v) is 1.57. The summed E-state index contributed by atoms with van der Waals surface area (Å²) in [6.07, 6.45) is 2.35. The first kappa shape index (κ1) is 9.93. The second kappa shape index (κ2) is 4.77. The van der Waals surface area contributed by atoms with Gasteiger partial charge in [-0.15, -0.1) is 0 Å². The molecule has 1 aliphatic heterocycles. The molecule has 2 N–H and O–H groups in total. The van der Waals surface area contributed by atoms with Crippen molar-refractivity contribution >= 4 is 0 Å². The number of hydrogen-bond acceptors (Lipinski definition) is 2. The molecule has 1 rings (SSSR count). The molecule has 0 radical (unpaired) electrons. The highest BCUT2D eigenvalue weighted by atomic mass is 19.1. The zero-order chi connectivity index (χ0) is 8.97. The molecular weight excluding hydrogens is 155 g/mol. The monoisotopic (exact) mass is 174 g/mol. The van der Waals surface area contributed by atoms with E-state index in [-0.39, 0.29) is 6.04 Å². The summed E-state index contributed by atoms with van der Waals surface area (Å²) in [6.45, 7) is 4.70. The molecule has 0 amide bonds. The predicted molar refractivity (Wildman–Crippen MR) is 48.8 cm³/mol. The Morgan fingerprint density at radius 2 is 2.33 bits per heavy atom. The average Bonchev–Trinajstić information content (AvgIpc) is 2.07. The summed E-state index contributed by atoms with van der Waals surface area (Å²) < 4.78 is 13.1. The van der Waals surface area contributed by atoms with E-state index in [0.717, 1.165) is 19.5 Å². The maximum Gasteiger partial charge on any atom is 0.128 e. The second-order valence-electron chi connectivity index (χ2n) is 3.62. The fraction of sp³-hybridized carbons (Fsp3) is 1.00. The highest BCUT2D eigenvalue weighted by Crippen LogP contribution is 2.12. The molecule has 12 heavy (non-hydrogen) atoms. The molecule has 1 aliphatic rings. The van der Waals surface area contributed by atoms with Gasteiger partial charge < -0.3 is 10.6 Å². The van der Waals surface area contributed by atoms with Gasteiger partial charge >= 0.3 is 0 Å². The highest BCUT2D eigenvalue weighted by molar-refractivity contribution is 4.82. The number of piperidine rings is 1. The summed E-state index contributed by atoms with van der Waals surface area (Å²) in [4.78, 5) is 2.18. The molecule has 0 aliphatic carbocycles. The number of likely N-dealkylation sites (tertiary alicyclic amines) is 1. The lowest BCUT2D eigenvalue weighted by Crippen LogP contribution is -2.48. The lowest BCUT2D eigenvalue weighted by Gasteiger charge is -2.32. The van der Waals surface area contributed by atoms with Gasteiger partial charge in [-0.25, -0.2) is 4.39 Å². The number of hydrogen-bond donors (Lipinski definition) is 1. The van der Waals surface area contributed by atoms with Gasteiger partial charge in [0.25, 0.3) is 0 Å². The van der Waals surface area contributed by atoms with Crippen LogP contribution in [0.1, 0.15) is 26.2 Å². The van der Waals surface area contributed by atoms with E-state index in [9.17, 15) is 4.39 Å². The van der Waals surface area contributed by atoms with Crippen LogP contribution in [0.3, 0.4) is 0 Å². The van der Waals surface area contributed by atoms with Crippen LogP contribution in [0, 0.1) is 0 Å². The van der Waals surface area contributed by atoms with Crippen molar-refractivity contribution in [2.75, 3.05) is 19.6 Å². The van der Waals surface area contributed by atoms with Crippen LogP contribution in [0.4, 0.5) is 4.39 Å². The number of halogens is 1.